The molecule has 0 aromatic rings. The van der Waals surface area contributed by atoms with Crippen molar-refractivity contribution in [1.29, 1.82) is 0 Å². The van der Waals surface area contributed by atoms with E-state index in [2.05, 4.69) is 19.1 Å². The van der Waals surface area contributed by atoms with E-state index in [9.17, 15) is 0 Å². The van der Waals surface area contributed by atoms with Crippen molar-refractivity contribution in [1.82, 2.24) is 0 Å². The lowest BCUT2D eigenvalue weighted by atomic mass is 10.0. The first-order valence-electron chi connectivity index (χ1n) is 9.67. The average molecular weight is 297 g/mol. The third-order valence-corrected chi connectivity index (χ3v) is 4.19. The summed E-state index contributed by atoms with van der Waals surface area (Å²) in [5.41, 5.74) is 0. The van der Waals surface area contributed by atoms with Crippen LogP contribution in [0.5, 0.6) is 0 Å². The molecule has 0 aromatic carbocycles. The molecular formula is C20H40O. The lowest BCUT2D eigenvalue weighted by Crippen LogP contribution is -1.83. The van der Waals surface area contributed by atoms with Crippen LogP contribution in [0.2, 0.25) is 0 Å². The molecule has 0 aliphatic heterocycles. The summed E-state index contributed by atoms with van der Waals surface area (Å²) in [6.07, 6.45) is 26.3. The molecule has 0 bridgehead atoms. The fourth-order valence-corrected chi connectivity index (χ4v) is 2.77. The third kappa shape index (κ3) is 19.7. The summed E-state index contributed by atoms with van der Waals surface area (Å²) in [6, 6.07) is 0. The first-order chi connectivity index (χ1) is 10.4. The highest BCUT2D eigenvalue weighted by molar-refractivity contribution is 4.80. The van der Waals surface area contributed by atoms with E-state index in [-0.39, 0.29) is 6.61 Å². The second kappa shape index (κ2) is 19.7. The number of hydrogen-bond acceptors (Lipinski definition) is 1. The minimum atomic E-state index is 0.287. The summed E-state index contributed by atoms with van der Waals surface area (Å²) in [7, 11) is 0. The van der Waals surface area contributed by atoms with E-state index in [1.165, 1.54) is 96.3 Å². The quantitative estimate of drug-likeness (QED) is 0.231. The largest absolute Gasteiger partial charge is 0.396 e. The zero-order chi connectivity index (χ0) is 15.4. The Morgan fingerprint density at radius 3 is 1.33 bits per heavy atom. The molecule has 0 heterocycles. The van der Waals surface area contributed by atoms with Crippen LogP contribution in [-0.4, -0.2) is 11.7 Å². The third-order valence-electron chi connectivity index (χ3n) is 4.19. The zero-order valence-electron chi connectivity index (χ0n) is 14.6. The summed E-state index contributed by atoms with van der Waals surface area (Å²) in [4.78, 5) is 0. The Hall–Kier alpha value is -0.300. The second-order valence-corrected chi connectivity index (χ2v) is 6.37. The van der Waals surface area contributed by atoms with Crippen LogP contribution in [0.3, 0.4) is 0 Å². The van der Waals surface area contributed by atoms with Crippen LogP contribution < -0.4 is 0 Å². The Morgan fingerprint density at radius 1 is 0.524 bits per heavy atom. The van der Waals surface area contributed by atoms with E-state index in [1.807, 2.05) is 0 Å². The van der Waals surface area contributed by atoms with Crippen molar-refractivity contribution >= 4 is 0 Å². The maximum absolute atomic E-state index is 8.64. The normalized spacial score (nSPS) is 11.5. The van der Waals surface area contributed by atoms with Gasteiger partial charge in [0.2, 0.25) is 0 Å². The molecule has 1 nitrogen and oxygen atoms in total. The van der Waals surface area contributed by atoms with Gasteiger partial charge >= 0.3 is 0 Å². The van der Waals surface area contributed by atoms with Gasteiger partial charge in [0, 0.05) is 6.61 Å². The minimum absolute atomic E-state index is 0.287. The zero-order valence-corrected chi connectivity index (χ0v) is 14.6. The molecule has 1 heteroatoms. The fraction of sp³-hybridized carbons (Fsp3) is 0.900. The smallest absolute Gasteiger partial charge is 0.0465 e. The molecule has 0 rings (SSSR count). The molecule has 0 radical (unpaired) electrons. The molecule has 21 heavy (non-hydrogen) atoms. The van der Waals surface area contributed by atoms with Gasteiger partial charge in [-0.3, -0.25) is 0 Å². The van der Waals surface area contributed by atoms with Gasteiger partial charge in [0.25, 0.3) is 0 Å². The van der Waals surface area contributed by atoms with E-state index in [1.54, 1.807) is 0 Å². The molecule has 0 atom stereocenters. The molecular weight excluding hydrogens is 256 g/mol. The summed E-state index contributed by atoms with van der Waals surface area (Å²) in [5.74, 6) is 0. The Kier molecular flexibility index (Phi) is 19.4. The van der Waals surface area contributed by atoms with Crippen molar-refractivity contribution < 1.29 is 5.11 Å². The first kappa shape index (κ1) is 20.7. The van der Waals surface area contributed by atoms with E-state index < -0.39 is 0 Å². The van der Waals surface area contributed by atoms with Crippen LogP contribution in [0, 0.1) is 0 Å². The molecule has 0 spiro atoms. The monoisotopic (exact) mass is 296 g/mol. The lowest BCUT2D eigenvalue weighted by molar-refractivity contribution is 0.302. The van der Waals surface area contributed by atoms with Crippen LogP contribution in [0.15, 0.2) is 12.2 Å². The predicted molar refractivity (Wildman–Crippen MR) is 95.8 cm³/mol. The topological polar surface area (TPSA) is 20.2 Å². The highest BCUT2D eigenvalue weighted by atomic mass is 16.2. The van der Waals surface area contributed by atoms with E-state index >= 15 is 0 Å². The Balaban J connectivity index is 2.96. The lowest BCUT2D eigenvalue weighted by Gasteiger charge is -2.02. The van der Waals surface area contributed by atoms with Gasteiger partial charge in [-0.2, -0.15) is 0 Å². The van der Waals surface area contributed by atoms with Crippen molar-refractivity contribution in [2.75, 3.05) is 6.61 Å². The van der Waals surface area contributed by atoms with Crippen LogP contribution >= 0.6 is 0 Å². The number of aliphatic hydroxyl groups excluding tert-OH is 1. The first-order valence-corrected chi connectivity index (χ1v) is 9.67. The number of unbranched alkanes of at least 4 members (excludes halogenated alkanes) is 14. The van der Waals surface area contributed by atoms with Crippen LogP contribution in [-0.2, 0) is 0 Å². The van der Waals surface area contributed by atoms with Crippen molar-refractivity contribution in [2.45, 2.75) is 110 Å². The molecule has 0 amide bonds. The van der Waals surface area contributed by atoms with Crippen molar-refractivity contribution in [3.8, 4) is 0 Å². The van der Waals surface area contributed by atoms with E-state index in [0.717, 1.165) is 6.42 Å². The Bertz CT molecular complexity index is 198. The molecule has 0 saturated carbocycles. The van der Waals surface area contributed by atoms with Crippen molar-refractivity contribution in [3.63, 3.8) is 0 Å². The predicted octanol–water partition coefficient (Wildman–Crippen LogP) is 6.80. The Morgan fingerprint density at radius 2 is 0.905 bits per heavy atom. The van der Waals surface area contributed by atoms with Gasteiger partial charge in [-0.1, -0.05) is 103 Å². The minimum Gasteiger partial charge on any atom is -0.396 e. The standard InChI is InChI=1S/C20H40O/c1-2-3-4-5-6-7-8-9-10-11-12-13-14-15-16-17-18-19-20-21/h17-18,21H,2-16,19-20H2,1H3. The molecule has 0 aliphatic carbocycles. The van der Waals surface area contributed by atoms with Crippen molar-refractivity contribution in [3.05, 3.63) is 12.2 Å². The molecule has 126 valence electrons. The van der Waals surface area contributed by atoms with E-state index in [0.29, 0.717) is 0 Å². The van der Waals surface area contributed by atoms with Gasteiger partial charge in [-0.05, 0) is 19.3 Å². The van der Waals surface area contributed by atoms with Crippen LogP contribution in [0.25, 0.3) is 0 Å². The summed E-state index contributed by atoms with van der Waals surface area (Å²) in [6.45, 7) is 2.57. The SMILES string of the molecule is CCCCCCCCCCCCCCCCC=CCCO. The van der Waals surface area contributed by atoms with Gasteiger partial charge in [0.15, 0.2) is 0 Å². The number of allylic oxidation sites excluding steroid dienone is 1. The van der Waals surface area contributed by atoms with Crippen LogP contribution in [0.1, 0.15) is 110 Å². The highest BCUT2D eigenvalue weighted by Gasteiger charge is 1.93. The van der Waals surface area contributed by atoms with Gasteiger partial charge in [-0.15, -0.1) is 0 Å². The number of hydrogen-bond donors (Lipinski definition) is 1. The maximum atomic E-state index is 8.64. The molecule has 0 unspecified atom stereocenters. The summed E-state index contributed by atoms with van der Waals surface area (Å²) in [5, 5.41) is 8.64. The number of rotatable bonds is 17. The van der Waals surface area contributed by atoms with Crippen molar-refractivity contribution in [2.24, 2.45) is 0 Å². The molecule has 1 N–H and O–H groups in total. The van der Waals surface area contributed by atoms with Gasteiger partial charge in [-0.25, -0.2) is 0 Å². The van der Waals surface area contributed by atoms with Crippen LogP contribution in [0.4, 0.5) is 0 Å². The number of aliphatic hydroxyl groups is 1. The van der Waals surface area contributed by atoms with Gasteiger partial charge in [0.1, 0.15) is 0 Å². The molecule has 0 saturated heterocycles. The van der Waals surface area contributed by atoms with E-state index in [4.69, 9.17) is 5.11 Å². The highest BCUT2D eigenvalue weighted by Crippen LogP contribution is 2.13. The van der Waals surface area contributed by atoms with Gasteiger partial charge < -0.3 is 5.11 Å². The summed E-state index contributed by atoms with van der Waals surface area (Å²) >= 11 is 0. The fourth-order valence-electron chi connectivity index (χ4n) is 2.77. The maximum Gasteiger partial charge on any atom is 0.0465 e. The molecule has 0 aromatic heterocycles. The van der Waals surface area contributed by atoms with Gasteiger partial charge in [0.05, 0.1) is 0 Å². The molecule has 0 fully saturated rings. The average Bonchev–Trinajstić information content (AvgIpc) is 2.50. The Labute approximate surface area is 134 Å². The molecule has 0 aliphatic rings. The summed E-state index contributed by atoms with van der Waals surface area (Å²) < 4.78 is 0. The second-order valence-electron chi connectivity index (χ2n) is 6.37.